The Morgan fingerprint density at radius 2 is 2.05 bits per heavy atom. The van der Waals surface area contributed by atoms with Gasteiger partial charge in [-0.2, -0.15) is 0 Å². The van der Waals surface area contributed by atoms with E-state index in [2.05, 4.69) is 5.32 Å². The standard InChI is InChI=1S/C14H12ClFN2O2/c15-11-5-2-6-12(14(11)16)20-8-13(19)18-10-4-1-3-9(17)7-10/h1-7H,8,17H2,(H,18,19). The highest BCUT2D eigenvalue weighted by atomic mass is 35.5. The van der Waals surface area contributed by atoms with Crippen molar-refractivity contribution in [1.29, 1.82) is 0 Å². The maximum absolute atomic E-state index is 13.5. The third kappa shape index (κ3) is 3.61. The number of nitrogens with one attached hydrogen (secondary N) is 1. The molecule has 0 spiro atoms. The Hall–Kier alpha value is -2.27. The number of rotatable bonds is 4. The molecule has 6 heteroatoms. The highest BCUT2D eigenvalue weighted by Crippen LogP contribution is 2.24. The van der Waals surface area contributed by atoms with Gasteiger partial charge in [0.2, 0.25) is 0 Å². The predicted molar refractivity (Wildman–Crippen MR) is 76.4 cm³/mol. The van der Waals surface area contributed by atoms with E-state index in [1.807, 2.05) is 0 Å². The number of anilines is 2. The molecule has 1 amide bonds. The molecule has 0 aliphatic rings. The second-order valence-electron chi connectivity index (χ2n) is 4.01. The van der Waals surface area contributed by atoms with Crippen LogP contribution in [0.5, 0.6) is 5.75 Å². The van der Waals surface area contributed by atoms with Crippen LogP contribution in [-0.2, 0) is 4.79 Å². The van der Waals surface area contributed by atoms with E-state index in [0.717, 1.165) is 0 Å². The number of halogens is 2. The van der Waals surface area contributed by atoms with Crippen molar-refractivity contribution in [1.82, 2.24) is 0 Å². The van der Waals surface area contributed by atoms with Crippen molar-refractivity contribution >= 4 is 28.9 Å². The average molecular weight is 295 g/mol. The van der Waals surface area contributed by atoms with E-state index in [1.165, 1.54) is 18.2 Å². The lowest BCUT2D eigenvalue weighted by molar-refractivity contribution is -0.118. The molecule has 104 valence electrons. The molecule has 0 saturated carbocycles. The van der Waals surface area contributed by atoms with Crippen LogP contribution in [0.15, 0.2) is 42.5 Å². The molecule has 0 atom stereocenters. The van der Waals surface area contributed by atoms with Gasteiger partial charge in [-0.05, 0) is 30.3 Å². The van der Waals surface area contributed by atoms with Crippen molar-refractivity contribution in [3.63, 3.8) is 0 Å². The number of hydrogen-bond donors (Lipinski definition) is 2. The zero-order chi connectivity index (χ0) is 14.5. The maximum Gasteiger partial charge on any atom is 0.262 e. The van der Waals surface area contributed by atoms with Crippen molar-refractivity contribution < 1.29 is 13.9 Å². The van der Waals surface area contributed by atoms with E-state index < -0.39 is 11.7 Å². The summed E-state index contributed by atoms with van der Waals surface area (Å²) in [5.41, 5.74) is 6.67. The third-order valence-electron chi connectivity index (χ3n) is 2.45. The molecule has 0 heterocycles. The van der Waals surface area contributed by atoms with Gasteiger partial charge in [-0.1, -0.05) is 23.7 Å². The Morgan fingerprint density at radius 3 is 2.80 bits per heavy atom. The van der Waals surface area contributed by atoms with Crippen LogP contribution >= 0.6 is 11.6 Å². The van der Waals surface area contributed by atoms with Gasteiger partial charge in [-0.3, -0.25) is 4.79 Å². The maximum atomic E-state index is 13.5. The van der Waals surface area contributed by atoms with Crippen molar-refractivity contribution in [3.05, 3.63) is 53.3 Å². The first kappa shape index (κ1) is 14.1. The number of carbonyl (C=O) groups is 1. The average Bonchev–Trinajstić information content (AvgIpc) is 2.40. The lowest BCUT2D eigenvalue weighted by Gasteiger charge is -2.09. The first-order valence-electron chi connectivity index (χ1n) is 5.78. The molecule has 4 nitrogen and oxygen atoms in total. The molecule has 0 radical (unpaired) electrons. The molecule has 0 fully saturated rings. The number of hydrogen-bond acceptors (Lipinski definition) is 3. The van der Waals surface area contributed by atoms with Crippen LogP contribution < -0.4 is 15.8 Å². The van der Waals surface area contributed by atoms with Crippen LogP contribution in [0.3, 0.4) is 0 Å². The lowest BCUT2D eigenvalue weighted by Crippen LogP contribution is -2.20. The number of ether oxygens (including phenoxy) is 1. The summed E-state index contributed by atoms with van der Waals surface area (Å²) in [6, 6.07) is 11.0. The van der Waals surface area contributed by atoms with Crippen LogP contribution in [0.25, 0.3) is 0 Å². The van der Waals surface area contributed by atoms with E-state index in [1.54, 1.807) is 24.3 Å². The van der Waals surface area contributed by atoms with Crippen LogP contribution in [0.4, 0.5) is 15.8 Å². The summed E-state index contributed by atoms with van der Waals surface area (Å²) in [6.07, 6.45) is 0. The van der Waals surface area contributed by atoms with Gasteiger partial charge in [-0.25, -0.2) is 4.39 Å². The summed E-state index contributed by atoms with van der Waals surface area (Å²) in [4.78, 5) is 11.7. The summed E-state index contributed by atoms with van der Waals surface area (Å²) < 4.78 is 18.6. The van der Waals surface area contributed by atoms with Crippen LogP contribution in [0.1, 0.15) is 0 Å². The predicted octanol–water partition coefficient (Wildman–Crippen LogP) is 3.08. The molecule has 0 aliphatic heterocycles. The summed E-state index contributed by atoms with van der Waals surface area (Å²) >= 11 is 5.61. The van der Waals surface area contributed by atoms with Gasteiger partial charge in [0, 0.05) is 11.4 Å². The minimum absolute atomic E-state index is 0.0567. The van der Waals surface area contributed by atoms with Crippen LogP contribution in [0.2, 0.25) is 5.02 Å². The fourth-order valence-corrected chi connectivity index (χ4v) is 1.72. The molecule has 3 N–H and O–H groups in total. The molecule has 2 rings (SSSR count). The molecule has 20 heavy (non-hydrogen) atoms. The van der Waals surface area contributed by atoms with Gasteiger partial charge in [0.25, 0.3) is 5.91 Å². The van der Waals surface area contributed by atoms with Crippen molar-refractivity contribution in [3.8, 4) is 5.75 Å². The van der Waals surface area contributed by atoms with Crippen molar-refractivity contribution in [2.24, 2.45) is 0 Å². The molecular weight excluding hydrogens is 283 g/mol. The smallest absolute Gasteiger partial charge is 0.262 e. The number of amides is 1. The number of benzene rings is 2. The molecule has 2 aromatic carbocycles. The van der Waals surface area contributed by atoms with E-state index in [9.17, 15) is 9.18 Å². The second kappa shape index (κ2) is 6.25. The second-order valence-corrected chi connectivity index (χ2v) is 4.42. The largest absolute Gasteiger partial charge is 0.481 e. The molecule has 0 aliphatic carbocycles. The first-order chi connectivity index (χ1) is 9.56. The minimum atomic E-state index is -0.689. The monoisotopic (exact) mass is 294 g/mol. The summed E-state index contributed by atoms with van der Waals surface area (Å²) in [5, 5.41) is 2.53. The Kier molecular flexibility index (Phi) is 4.42. The van der Waals surface area contributed by atoms with Crippen molar-refractivity contribution in [2.45, 2.75) is 0 Å². The fraction of sp³-hybridized carbons (Fsp3) is 0.0714. The van der Waals surface area contributed by atoms with Gasteiger partial charge in [0.05, 0.1) is 5.02 Å². The topological polar surface area (TPSA) is 64.3 Å². The SMILES string of the molecule is Nc1cccc(NC(=O)COc2cccc(Cl)c2F)c1. The fourth-order valence-electron chi connectivity index (χ4n) is 1.55. The number of nitrogens with two attached hydrogens (primary N) is 1. The summed E-state index contributed by atoms with van der Waals surface area (Å²) in [7, 11) is 0. The molecule has 0 saturated heterocycles. The Balaban J connectivity index is 1.94. The van der Waals surface area contributed by atoms with Crippen LogP contribution in [-0.4, -0.2) is 12.5 Å². The Bertz CT molecular complexity index is 634. The molecule has 2 aromatic rings. The zero-order valence-electron chi connectivity index (χ0n) is 10.4. The van der Waals surface area contributed by atoms with Gasteiger partial charge >= 0.3 is 0 Å². The normalized spacial score (nSPS) is 10.1. The third-order valence-corrected chi connectivity index (χ3v) is 2.74. The van der Waals surface area contributed by atoms with E-state index >= 15 is 0 Å². The first-order valence-corrected chi connectivity index (χ1v) is 6.16. The van der Waals surface area contributed by atoms with Crippen molar-refractivity contribution in [2.75, 3.05) is 17.7 Å². The quantitative estimate of drug-likeness (QED) is 0.852. The Labute approximate surface area is 120 Å². The lowest BCUT2D eigenvalue weighted by atomic mass is 10.3. The van der Waals surface area contributed by atoms with Gasteiger partial charge in [0.1, 0.15) is 0 Å². The van der Waals surface area contributed by atoms with E-state index in [-0.39, 0.29) is 17.4 Å². The molecule has 0 bridgehead atoms. The van der Waals surface area contributed by atoms with E-state index in [0.29, 0.717) is 11.4 Å². The minimum Gasteiger partial charge on any atom is -0.481 e. The number of nitrogen functional groups attached to an aromatic ring is 1. The zero-order valence-corrected chi connectivity index (χ0v) is 11.2. The van der Waals surface area contributed by atoms with E-state index in [4.69, 9.17) is 22.1 Å². The highest BCUT2D eigenvalue weighted by Gasteiger charge is 2.09. The highest BCUT2D eigenvalue weighted by molar-refractivity contribution is 6.30. The van der Waals surface area contributed by atoms with Crippen LogP contribution in [0, 0.1) is 5.82 Å². The molecule has 0 aromatic heterocycles. The number of carbonyl (C=O) groups excluding carboxylic acids is 1. The summed E-state index contributed by atoms with van der Waals surface area (Å²) in [6.45, 7) is -0.327. The van der Waals surface area contributed by atoms with Gasteiger partial charge in [-0.15, -0.1) is 0 Å². The Morgan fingerprint density at radius 1 is 1.30 bits per heavy atom. The molecular formula is C14H12ClFN2O2. The van der Waals surface area contributed by atoms with Gasteiger partial charge in [0.15, 0.2) is 18.2 Å². The molecule has 0 unspecified atom stereocenters. The van der Waals surface area contributed by atoms with Gasteiger partial charge < -0.3 is 15.8 Å². The summed E-state index contributed by atoms with van der Waals surface area (Å²) in [5.74, 6) is -1.18.